The minimum absolute atomic E-state index is 0.0666. The van der Waals surface area contributed by atoms with Gasteiger partial charge in [-0.05, 0) is 31.6 Å². The molecule has 0 aliphatic heterocycles. The van der Waals surface area contributed by atoms with Gasteiger partial charge in [-0.3, -0.25) is 4.55 Å². The molecule has 0 bridgehead atoms. The Morgan fingerprint density at radius 1 is 1.00 bits per heavy atom. The third-order valence-electron chi connectivity index (χ3n) is 2.88. The molecular weight excluding hydrogens is 291 g/mol. The van der Waals surface area contributed by atoms with E-state index in [4.69, 9.17) is 4.55 Å². The fourth-order valence-corrected chi connectivity index (χ4v) is 2.40. The summed E-state index contributed by atoms with van der Waals surface area (Å²) in [6, 6.07) is 5.99. The molecule has 116 valence electrons. The van der Waals surface area contributed by atoms with Gasteiger partial charge in [-0.25, -0.2) is 0 Å². The molecule has 0 aliphatic carbocycles. The molecule has 1 rings (SSSR count). The Labute approximate surface area is 126 Å². The largest absolute Gasteiger partial charge is 0.294 e. The summed E-state index contributed by atoms with van der Waals surface area (Å²) in [7, 11) is -1.24. The van der Waals surface area contributed by atoms with Crippen LogP contribution in [0.2, 0.25) is 0 Å². The highest BCUT2D eigenvalue weighted by Crippen LogP contribution is 2.08. The second kappa shape index (κ2) is 11.2. The summed E-state index contributed by atoms with van der Waals surface area (Å²) >= 11 is 0. The molecule has 0 saturated carbocycles. The lowest BCUT2D eigenvalue weighted by molar-refractivity contribution is 0.483. The zero-order valence-corrected chi connectivity index (χ0v) is 14.5. The summed E-state index contributed by atoms with van der Waals surface area (Å²) in [4.78, 5) is -0.0666. The Hall–Kier alpha value is -0.440. The first-order chi connectivity index (χ1) is 9.41. The van der Waals surface area contributed by atoms with Crippen molar-refractivity contribution in [3.63, 3.8) is 0 Å². The fraction of sp³-hybridized carbons (Fsp3) is 0.600. The number of aryl methyl sites for hydroxylation is 1. The molecule has 0 fully saturated rings. The van der Waals surface area contributed by atoms with Crippen LogP contribution in [-0.2, 0) is 10.1 Å². The van der Waals surface area contributed by atoms with Crippen molar-refractivity contribution in [2.45, 2.75) is 57.3 Å². The van der Waals surface area contributed by atoms with E-state index in [1.165, 1.54) is 56.8 Å². The fourth-order valence-electron chi connectivity index (χ4n) is 1.63. The Morgan fingerprint density at radius 2 is 1.50 bits per heavy atom. The van der Waals surface area contributed by atoms with Gasteiger partial charge in [0, 0.05) is 0 Å². The monoisotopic (exact) mass is 318 g/mol. The van der Waals surface area contributed by atoms with Crippen molar-refractivity contribution in [3.8, 4) is 0 Å². The Morgan fingerprint density at radius 3 is 1.95 bits per heavy atom. The van der Waals surface area contributed by atoms with Gasteiger partial charge in [-0.15, -0.1) is 9.24 Å². The minimum atomic E-state index is -4.02. The molecule has 3 nitrogen and oxygen atoms in total. The minimum Gasteiger partial charge on any atom is -0.282 e. The van der Waals surface area contributed by atoms with Gasteiger partial charge >= 0.3 is 0 Å². The van der Waals surface area contributed by atoms with E-state index in [9.17, 15) is 8.42 Å². The highest BCUT2D eigenvalue weighted by atomic mass is 32.2. The summed E-state index contributed by atoms with van der Waals surface area (Å²) in [6.45, 7) is 4.10. The van der Waals surface area contributed by atoms with Gasteiger partial charge in [0.25, 0.3) is 10.1 Å². The molecule has 0 aromatic heterocycles. The maximum Gasteiger partial charge on any atom is 0.294 e. The molecule has 1 atom stereocenters. The van der Waals surface area contributed by atoms with Crippen LogP contribution in [0.4, 0.5) is 0 Å². The van der Waals surface area contributed by atoms with Crippen LogP contribution in [-0.4, -0.2) is 19.1 Å². The third kappa shape index (κ3) is 10.4. The molecule has 0 saturated heterocycles. The Bertz CT molecular complexity index is 435. The molecule has 0 radical (unpaired) electrons. The van der Waals surface area contributed by atoms with Crippen LogP contribution >= 0.6 is 9.24 Å². The van der Waals surface area contributed by atoms with Gasteiger partial charge in [0.2, 0.25) is 0 Å². The molecule has 0 heterocycles. The van der Waals surface area contributed by atoms with E-state index in [-0.39, 0.29) is 4.90 Å². The lowest BCUT2D eigenvalue weighted by Crippen LogP contribution is -1.96. The SMILES string of the molecule is CCCCCCCCP.Cc1ccc(S(=O)(=O)O)cc1. The zero-order valence-electron chi connectivity index (χ0n) is 12.5. The van der Waals surface area contributed by atoms with Gasteiger partial charge < -0.3 is 0 Å². The molecule has 0 spiro atoms. The average molecular weight is 318 g/mol. The predicted molar refractivity (Wildman–Crippen MR) is 88.9 cm³/mol. The van der Waals surface area contributed by atoms with Crippen molar-refractivity contribution in [2.24, 2.45) is 0 Å². The van der Waals surface area contributed by atoms with Crippen LogP contribution < -0.4 is 0 Å². The van der Waals surface area contributed by atoms with E-state index >= 15 is 0 Å². The van der Waals surface area contributed by atoms with E-state index in [0.29, 0.717) is 0 Å². The summed E-state index contributed by atoms with van der Waals surface area (Å²) in [5.41, 5.74) is 0.956. The van der Waals surface area contributed by atoms with E-state index in [1.54, 1.807) is 12.1 Å². The number of rotatable bonds is 7. The lowest BCUT2D eigenvalue weighted by atomic mass is 10.1. The van der Waals surface area contributed by atoms with E-state index in [0.717, 1.165) is 5.56 Å². The highest BCUT2D eigenvalue weighted by Gasteiger charge is 2.06. The quantitative estimate of drug-likeness (QED) is 0.458. The highest BCUT2D eigenvalue weighted by molar-refractivity contribution is 7.85. The van der Waals surface area contributed by atoms with E-state index < -0.39 is 10.1 Å². The van der Waals surface area contributed by atoms with Crippen molar-refractivity contribution in [3.05, 3.63) is 29.8 Å². The van der Waals surface area contributed by atoms with Crippen LogP contribution in [0.25, 0.3) is 0 Å². The molecule has 5 heteroatoms. The van der Waals surface area contributed by atoms with Crippen molar-refractivity contribution < 1.29 is 13.0 Å². The molecule has 20 heavy (non-hydrogen) atoms. The molecule has 1 aromatic rings. The number of benzene rings is 1. The molecule has 0 amide bonds. The first-order valence-corrected chi connectivity index (χ1v) is 9.41. The number of hydrogen-bond acceptors (Lipinski definition) is 2. The van der Waals surface area contributed by atoms with Crippen molar-refractivity contribution >= 4 is 19.4 Å². The van der Waals surface area contributed by atoms with Gasteiger partial charge in [0.15, 0.2) is 0 Å². The molecule has 1 unspecified atom stereocenters. The topological polar surface area (TPSA) is 54.4 Å². The Kier molecular flexibility index (Phi) is 11.0. The van der Waals surface area contributed by atoms with Gasteiger partial charge in [0.05, 0.1) is 4.90 Å². The summed E-state index contributed by atoms with van der Waals surface area (Å²) in [5, 5.41) is 0. The second-order valence-corrected chi connectivity index (χ2v) is 6.84. The van der Waals surface area contributed by atoms with Crippen LogP contribution in [0.15, 0.2) is 29.2 Å². The summed E-state index contributed by atoms with van der Waals surface area (Å²) in [6.07, 6.45) is 9.80. The molecule has 1 aromatic carbocycles. The second-order valence-electron chi connectivity index (χ2n) is 4.84. The smallest absolute Gasteiger partial charge is 0.282 e. The first-order valence-electron chi connectivity index (χ1n) is 7.16. The van der Waals surface area contributed by atoms with Crippen LogP contribution in [0.5, 0.6) is 0 Å². The number of hydrogen-bond donors (Lipinski definition) is 1. The molecular formula is C15H27O3PS. The van der Waals surface area contributed by atoms with Crippen molar-refractivity contribution in [1.29, 1.82) is 0 Å². The summed E-state index contributed by atoms with van der Waals surface area (Å²) in [5.74, 6) is 0. The van der Waals surface area contributed by atoms with Crippen LogP contribution in [0.1, 0.15) is 51.0 Å². The van der Waals surface area contributed by atoms with Gasteiger partial charge in [0.1, 0.15) is 0 Å². The van der Waals surface area contributed by atoms with Crippen LogP contribution in [0.3, 0.4) is 0 Å². The zero-order chi connectivity index (χ0) is 15.4. The first kappa shape index (κ1) is 19.6. The maximum absolute atomic E-state index is 10.5. The maximum atomic E-state index is 10.5. The normalized spacial score (nSPS) is 10.8. The van der Waals surface area contributed by atoms with Crippen LogP contribution in [0, 0.1) is 6.92 Å². The van der Waals surface area contributed by atoms with Gasteiger partial charge in [-0.2, -0.15) is 8.42 Å². The number of unbranched alkanes of at least 4 members (excludes halogenated alkanes) is 5. The van der Waals surface area contributed by atoms with E-state index in [2.05, 4.69) is 16.2 Å². The standard InChI is InChI=1S/C8H19P.C7H8O3S/c1-2-3-4-5-6-7-8-9;1-6-2-4-7(5-3-6)11(8,9)10/h2-9H2,1H3;2-5H,1H3,(H,8,9,10). The predicted octanol–water partition coefficient (Wildman–Crippen LogP) is 4.46. The van der Waals surface area contributed by atoms with Crippen molar-refractivity contribution in [1.82, 2.24) is 0 Å². The van der Waals surface area contributed by atoms with E-state index in [1.807, 2.05) is 6.92 Å². The summed E-state index contributed by atoms with van der Waals surface area (Å²) < 4.78 is 29.6. The molecule has 0 aliphatic rings. The lowest BCUT2D eigenvalue weighted by Gasteiger charge is -1.96. The third-order valence-corrected chi connectivity index (χ3v) is 4.15. The van der Waals surface area contributed by atoms with Crippen molar-refractivity contribution in [2.75, 3.05) is 6.16 Å². The average Bonchev–Trinajstić information content (AvgIpc) is 2.39. The Balaban J connectivity index is 0.000000370. The van der Waals surface area contributed by atoms with Gasteiger partial charge in [-0.1, -0.05) is 56.7 Å². The molecule has 1 N–H and O–H groups in total.